The maximum atomic E-state index is 12.1. The molecule has 0 amide bonds. The summed E-state index contributed by atoms with van der Waals surface area (Å²) in [5.74, 6) is 1.68. The number of nitrogens with zero attached hydrogens (tertiary/aromatic N) is 1. The molecule has 0 bridgehead atoms. The van der Waals surface area contributed by atoms with E-state index < -0.39 is 0 Å². The van der Waals surface area contributed by atoms with E-state index in [1.165, 1.54) is 6.42 Å². The van der Waals surface area contributed by atoms with E-state index in [0.717, 1.165) is 37.0 Å². The van der Waals surface area contributed by atoms with Crippen LogP contribution in [0.2, 0.25) is 0 Å². The first-order valence-corrected chi connectivity index (χ1v) is 7.15. The summed E-state index contributed by atoms with van der Waals surface area (Å²) in [5, 5.41) is 0. The molecule has 1 aromatic rings. The third-order valence-corrected chi connectivity index (χ3v) is 3.81. The number of likely N-dealkylation sites (tertiary alicyclic amines) is 1. The Kier molecular flexibility index (Phi) is 4.59. The first-order chi connectivity index (χ1) is 9.04. The minimum atomic E-state index is 0.193. The maximum Gasteiger partial charge on any atom is 0.164 e. The molecule has 2 rings (SSSR count). The van der Waals surface area contributed by atoms with E-state index in [-0.39, 0.29) is 5.78 Å². The number of hydrogen-bond donors (Lipinski definition) is 1. The normalized spacial score (nSPS) is 24.3. The zero-order chi connectivity index (χ0) is 13.8. The van der Waals surface area contributed by atoms with Gasteiger partial charge >= 0.3 is 0 Å². The van der Waals surface area contributed by atoms with E-state index >= 15 is 0 Å². The first-order valence-electron chi connectivity index (χ1n) is 7.15. The van der Waals surface area contributed by atoms with Crippen LogP contribution in [-0.2, 0) is 0 Å². The Morgan fingerprint density at radius 3 is 2.63 bits per heavy atom. The summed E-state index contributed by atoms with van der Waals surface area (Å²) in [6.07, 6.45) is 1.89. The smallest absolute Gasteiger partial charge is 0.164 e. The van der Waals surface area contributed by atoms with Crippen LogP contribution in [0.1, 0.15) is 37.0 Å². The summed E-state index contributed by atoms with van der Waals surface area (Å²) in [5.41, 5.74) is 7.10. The van der Waals surface area contributed by atoms with Crippen molar-refractivity contribution in [2.75, 3.05) is 25.4 Å². The third kappa shape index (κ3) is 4.06. The number of carbonyl (C=O) groups excluding carboxylic acids is 1. The molecule has 1 fully saturated rings. The fourth-order valence-corrected chi connectivity index (χ4v) is 3.09. The number of Topliss-reactive ketones (excluding diaryl/α,β-unsaturated/α-hetero) is 1. The lowest BCUT2D eigenvalue weighted by Gasteiger charge is -2.34. The van der Waals surface area contributed by atoms with Gasteiger partial charge in [0.1, 0.15) is 0 Å². The molecule has 1 aliphatic rings. The van der Waals surface area contributed by atoms with Crippen molar-refractivity contribution in [2.24, 2.45) is 11.8 Å². The Morgan fingerprint density at radius 1 is 1.32 bits per heavy atom. The summed E-state index contributed by atoms with van der Waals surface area (Å²) in [6, 6.07) is 7.27. The van der Waals surface area contributed by atoms with Crippen molar-refractivity contribution in [3.63, 3.8) is 0 Å². The van der Waals surface area contributed by atoms with Gasteiger partial charge in [0.05, 0.1) is 0 Å². The van der Waals surface area contributed by atoms with Crippen LogP contribution in [0, 0.1) is 11.8 Å². The van der Waals surface area contributed by atoms with E-state index in [1.807, 2.05) is 18.2 Å². The van der Waals surface area contributed by atoms with E-state index in [2.05, 4.69) is 18.7 Å². The predicted molar refractivity (Wildman–Crippen MR) is 79.2 cm³/mol. The van der Waals surface area contributed by atoms with Gasteiger partial charge in [0.15, 0.2) is 5.78 Å². The molecule has 19 heavy (non-hydrogen) atoms. The minimum absolute atomic E-state index is 0.193. The Labute approximate surface area is 115 Å². The molecule has 1 aromatic carbocycles. The highest BCUT2D eigenvalue weighted by Gasteiger charge is 2.22. The van der Waals surface area contributed by atoms with Crippen LogP contribution in [-0.4, -0.2) is 30.3 Å². The molecule has 0 aliphatic carbocycles. The summed E-state index contributed by atoms with van der Waals surface area (Å²) >= 11 is 0. The fraction of sp³-hybridized carbons (Fsp3) is 0.562. The number of nitrogens with two attached hydrogens (primary N) is 1. The first kappa shape index (κ1) is 14.1. The number of nitrogen functional groups attached to an aromatic ring is 1. The highest BCUT2D eigenvalue weighted by molar-refractivity contribution is 5.96. The van der Waals surface area contributed by atoms with Crippen LogP contribution in [0.15, 0.2) is 24.3 Å². The van der Waals surface area contributed by atoms with Crippen molar-refractivity contribution in [3.05, 3.63) is 29.8 Å². The molecule has 2 atom stereocenters. The van der Waals surface area contributed by atoms with Gasteiger partial charge in [-0.1, -0.05) is 26.0 Å². The number of hydrogen-bond acceptors (Lipinski definition) is 3. The Morgan fingerprint density at radius 2 is 2.00 bits per heavy atom. The second-order valence-electron chi connectivity index (χ2n) is 6.00. The average molecular weight is 260 g/mol. The highest BCUT2D eigenvalue weighted by Crippen LogP contribution is 2.21. The molecular weight excluding hydrogens is 236 g/mol. The lowest BCUT2D eigenvalue weighted by Crippen LogP contribution is -2.39. The van der Waals surface area contributed by atoms with Crippen molar-refractivity contribution in [1.82, 2.24) is 4.90 Å². The Bertz CT molecular complexity index is 434. The van der Waals surface area contributed by atoms with Gasteiger partial charge in [0, 0.05) is 37.3 Å². The van der Waals surface area contributed by atoms with Crippen molar-refractivity contribution in [3.8, 4) is 0 Å². The van der Waals surface area contributed by atoms with Crippen LogP contribution in [0.25, 0.3) is 0 Å². The van der Waals surface area contributed by atoms with Crippen LogP contribution in [0.4, 0.5) is 5.69 Å². The lowest BCUT2D eigenvalue weighted by molar-refractivity contribution is 0.0926. The maximum absolute atomic E-state index is 12.1. The number of piperidine rings is 1. The van der Waals surface area contributed by atoms with Crippen molar-refractivity contribution < 1.29 is 4.79 Å². The molecule has 0 spiro atoms. The van der Waals surface area contributed by atoms with Crippen LogP contribution < -0.4 is 5.73 Å². The van der Waals surface area contributed by atoms with E-state index in [4.69, 9.17) is 5.73 Å². The van der Waals surface area contributed by atoms with Gasteiger partial charge in [-0.15, -0.1) is 0 Å². The SMILES string of the molecule is CC1CC(C)CN(CCC(=O)c2cccc(N)c2)C1. The van der Waals surface area contributed by atoms with Crippen LogP contribution in [0.5, 0.6) is 0 Å². The number of ketones is 1. The largest absolute Gasteiger partial charge is 0.399 e. The molecule has 1 aliphatic heterocycles. The van der Waals surface area contributed by atoms with Crippen LogP contribution >= 0.6 is 0 Å². The number of benzene rings is 1. The summed E-state index contributed by atoms with van der Waals surface area (Å²) in [7, 11) is 0. The zero-order valence-corrected chi connectivity index (χ0v) is 11.9. The number of carbonyl (C=O) groups is 1. The molecule has 2 unspecified atom stereocenters. The molecule has 3 nitrogen and oxygen atoms in total. The van der Waals surface area contributed by atoms with Gasteiger partial charge in [-0.25, -0.2) is 0 Å². The fourth-order valence-electron chi connectivity index (χ4n) is 3.09. The highest BCUT2D eigenvalue weighted by atomic mass is 16.1. The second kappa shape index (κ2) is 6.20. The molecule has 3 heteroatoms. The van der Waals surface area contributed by atoms with Crippen molar-refractivity contribution in [1.29, 1.82) is 0 Å². The van der Waals surface area contributed by atoms with E-state index in [9.17, 15) is 4.79 Å². The summed E-state index contributed by atoms with van der Waals surface area (Å²) < 4.78 is 0. The molecule has 1 heterocycles. The summed E-state index contributed by atoms with van der Waals surface area (Å²) in [4.78, 5) is 14.5. The molecule has 0 radical (unpaired) electrons. The minimum Gasteiger partial charge on any atom is -0.399 e. The molecule has 0 aromatic heterocycles. The van der Waals surface area contributed by atoms with Gasteiger partial charge < -0.3 is 10.6 Å². The molecule has 104 valence electrons. The molecule has 2 N–H and O–H groups in total. The van der Waals surface area contributed by atoms with Gasteiger partial charge in [-0.05, 0) is 30.4 Å². The zero-order valence-electron chi connectivity index (χ0n) is 11.9. The second-order valence-corrected chi connectivity index (χ2v) is 6.00. The van der Waals surface area contributed by atoms with Crippen molar-refractivity contribution in [2.45, 2.75) is 26.7 Å². The predicted octanol–water partition coefficient (Wildman–Crippen LogP) is 2.82. The van der Waals surface area contributed by atoms with Crippen molar-refractivity contribution >= 4 is 11.5 Å². The van der Waals surface area contributed by atoms with Gasteiger partial charge in [-0.3, -0.25) is 4.79 Å². The monoisotopic (exact) mass is 260 g/mol. The van der Waals surface area contributed by atoms with Crippen LogP contribution in [0.3, 0.4) is 0 Å². The van der Waals surface area contributed by atoms with Gasteiger partial charge in [-0.2, -0.15) is 0 Å². The van der Waals surface area contributed by atoms with E-state index in [0.29, 0.717) is 12.1 Å². The number of anilines is 1. The summed E-state index contributed by atoms with van der Waals surface area (Å²) in [6.45, 7) is 7.69. The number of rotatable bonds is 4. The van der Waals surface area contributed by atoms with Gasteiger partial charge in [0.25, 0.3) is 0 Å². The average Bonchev–Trinajstić information content (AvgIpc) is 2.35. The Balaban J connectivity index is 1.86. The third-order valence-electron chi connectivity index (χ3n) is 3.81. The Hall–Kier alpha value is -1.35. The standard InChI is InChI=1S/C16H24N2O/c1-12-8-13(2)11-18(10-12)7-6-16(19)14-4-3-5-15(17)9-14/h3-5,9,12-13H,6-8,10-11,17H2,1-2H3. The quantitative estimate of drug-likeness (QED) is 0.669. The van der Waals surface area contributed by atoms with Gasteiger partial charge in [0.2, 0.25) is 0 Å². The topological polar surface area (TPSA) is 46.3 Å². The molecule has 1 saturated heterocycles. The molecular formula is C16H24N2O. The lowest BCUT2D eigenvalue weighted by atomic mass is 9.91. The van der Waals surface area contributed by atoms with E-state index in [1.54, 1.807) is 6.07 Å². The molecule has 0 saturated carbocycles.